The highest BCUT2D eigenvalue weighted by molar-refractivity contribution is 7.92. The summed E-state index contributed by atoms with van der Waals surface area (Å²) in [6, 6.07) is 4.68. The summed E-state index contributed by atoms with van der Waals surface area (Å²) in [7, 11) is -3.57. The van der Waals surface area contributed by atoms with E-state index in [2.05, 4.69) is 5.32 Å². The first-order chi connectivity index (χ1) is 7.96. The first-order valence-electron chi connectivity index (χ1n) is 5.10. The minimum absolute atomic E-state index is 0.173. The first kappa shape index (κ1) is 12.6. The Morgan fingerprint density at radius 3 is 2.82 bits per heavy atom. The van der Waals surface area contributed by atoms with E-state index in [0.29, 0.717) is 23.7 Å². The van der Waals surface area contributed by atoms with Crippen molar-refractivity contribution in [3.8, 4) is 0 Å². The standard InChI is InChI=1S/C10H11ClN2O2S2/c1-2-5-13-10(16)12-8-4-3-7(11)6-9(8)17(13,14)15/h3-4,6H,2,5H2,1H3,(H,12,16). The molecule has 4 nitrogen and oxygen atoms in total. The molecule has 1 aromatic carbocycles. The second-order valence-corrected chi connectivity index (χ2v) is 6.30. The van der Waals surface area contributed by atoms with Gasteiger partial charge in [-0.1, -0.05) is 18.5 Å². The van der Waals surface area contributed by atoms with Gasteiger partial charge >= 0.3 is 0 Å². The van der Waals surface area contributed by atoms with Gasteiger partial charge in [-0.05, 0) is 36.8 Å². The zero-order valence-corrected chi connectivity index (χ0v) is 11.5. The van der Waals surface area contributed by atoms with E-state index in [1.165, 1.54) is 10.4 Å². The molecule has 0 saturated carbocycles. The number of thiocarbonyl (C=S) groups is 1. The normalized spacial score (nSPS) is 17.5. The summed E-state index contributed by atoms with van der Waals surface area (Å²) in [6.07, 6.45) is 0.691. The molecule has 0 spiro atoms. The van der Waals surface area contributed by atoms with E-state index < -0.39 is 10.0 Å². The number of anilines is 1. The van der Waals surface area contributed by atoms with Gasteiger partial charge in [-0.25, -0.2) is 12.7 Å². The molecule has 1 N–H and O–H groups in total. The van der Waals surface area contributed by atoms with Crippen molar-refractivity contribution in [2.75, 3.05) is 11.9 Å². The SMILES string of the molecule is CCCN1C(=S)Nc2ccc(Cl)cc2S1(=O)=O. The minimum atomic E-state index is -3.57. The van der Waals surface area contributed by atoms with Crippen LogP contribution in [-0.4, -0.2) is 24.4 Å². The predicted octanol–water partition coefficient (Wildman–Crippen LogP) is 2.45. The zero-order valence-electron chi connectivity index (χ0n) is 9.10. The van der Waals surface area contributed by atoms with Crippen LogP contribution in [0.4, 0.5) is 5.69 Å². The quantitative estimate of drug-likeness (QED) is 0.850. The minimum Gasteiger partial charge on any atom is -0.331 e. The van der Waals surface area contributed by atoms with Crippen LogP contribution in [0, 0.1) is 0 Å². The van der Waals surface area contributed by atoms with E-state index in [0.717, 1.165) is 0 Å². The molecule has 2 rings (SSSR count). The lowest BCUT2D eigenvalue weighted by molar-refractivity contribution is 0.518. The predicted molar refractivity (Wildman–Crippen MR) is 71.9 cm³/mol. The molecule has 0 fully saturated rings. The highest BCUT2D eigenvalue weighted by Crippen LogP contribution is 2.32. The van der Waals surface area contributed by atoms with Gasteiger partial charge < -0.3 is 5.32 Å². The highest BCUT2D eigenvalue weighted by Gasteiger charge is 2.33. The number of benzene rings is 1. The average molecular weight is 291 g/mol. The molecule has 0 atom stereocenters. The number of nitrogens with zero attached hydrogens (tertiary/aromatic N) is 1. The van der Waals surface area contributed by atoms with Crippen molar-refractivity contribution in [2.24, 2.45) is 0 Å². The molecule has 1 heterocycles. The summed E-state index contributed by atoms with van der Waals surface area (Å²) in [5.74, 6) is 0. The number of halogens is 1. The molecular weight excluding hydrogens is 280 g/mol. The molecule has 0 aromatic heterocycles. The third-order valence-electron chi connectivity index (χ3n) is 2.41. The molecule has 0 aliphatic carbocycles. The Morgan fingerprint density at radius 2 is 2.18 bits per heavy atom. The Bertz CT molecular complexity index is 572. The van der Waals surface area contributed by atoms with Gasteiger partial charge in [0.15, 0.2) is 5.11 Å². The summed E-state index contributed by atoms with van der Waals surface area (Å²) in [6.45, 7) is 2.26. The van der Waals surface area contributed by atoms with Gasteiger partial charge in [0, 0.05) is 11.6 Å². The fourth-order valence-corrected chi connectivity index (χ4v) is 3.97. The molecule has 0 amide bonds. The van der Waals surface area contributed by atoms with E-state index in [-0.39, 0.29) is 10.0 Å². The summed E-state index contributed by atoms with van der Waals surface area (Å²) in [4.78, 5) is 0.173. The fourth-order valence-electron chi connectivity index (χ4n) is 1.64. The number of sulfonamides is 1. The van der Waals surface area contributed by atoms with Crippen LogP contribution < -0.4 is 5.32 Å². The van der Waals surface area contributed by atoms with Crippen LogP contribution in [0.15, 0.2) is 23.1 Å². The molecule has 1 aromatic rings. The number of hydrogen-bond donors (Lipinski definition) is 1. The molecule has 0 radical (unpaired) electrons. The van der Waals surface area contributed by atoms with Crippen LogP contribution in [0.5, 0.6) is 0 Å². The van der Waals surface area contributed by atoms with Gasteiger partial charge in [0.2, 0.25) is 0 Å². The molecule has 0 saturated heterocycles. The maximum Gasteiger partial charge on any atom is 0.268 e. The van der Waals surface area contributed by atoms with Crippen LogP contribution >= 0.6 is 23.8 Å². The number of nitrogens with one attached hydrogen (secondary N) is 1. The third-order valence-corrected chi connectivity index (χ3v) is 4.92. The van der Waals surface area contributed by atoms with Crippen molar-refractivity contribution in [2.45, 2.75) is 18.2 Å². The lowest BCUT2D eigenvalue weighted by atomic mass is 10.3. The Morgan fingerprint density at radius 1 is 1.47 bits per heavy atom. The van der Waals surface area contributed by atoms with Gasteiger partial charge in [0.25, 0.3) is 10.0 Å². The molecule has 1 aliphatic heterocycles. The third kappa shape index (κ3) is 2.12. The number of fused-ring (bicyclic) bond motifs is 1. The maximum absolute atomic E-state index is 12.3. The lowest BCUT2D eigenvalue weighted by Crippen LogP contribution is -2.44. The molecule has 1 aliphatic rings. The van der Waals surface area contributed by atoms with Crippen LogP contribution in [0.2, 0.25) is 5.02 Å². The zero-order chi connectivity index (χ0) is 12.6. The van der Waals surface area contributed by atoms with Gasteiger partial charge in [-0.2, -0.15) is 0 Å². The van der Waals surface area contributed by atoms with Crippen molar-refractivity contribution >= 4 is 44.6 Å². The van der Waals surface area contributed by atoms with Crippen molar-refractivity contribution in [3.05, 3.63) is 23.2 Å². The highest BCUT2D eigenvalue weighted by atomic mass is 35.5. The summed E-state index contributed by atoms with van der Waals surface area (Å²) >= 11 is 10.9. The van der Waals surface area contributed by atoms with E-state index in [4.69, 9.17) is 23.8 Å². The first-order valence-corrected chi connectivity index (χ1v) is 7.32. The molecule has 0 bridgehead atoms. The fraction of sp³-hybridized carbons (Fsp3) is 0.300. The van der Waals surface area contributed by atoms with Crippen LogP contribution in [-0.2, 0) is 10.0 Å². The van der Waals surface area contributed by atoms with E-state index >= 15 is 0 Å². The van der Waals surface area contributed by atoms with E-state index in [1.807, 2.05) is 6.92 Å². The van der Waals surface area contributed by atoms with Crippen molar-refractivity contribution in [1.29, 1.82) is 0 Å². The Balaban J connectivity index is 2.59. The second kappa shape index (κ2) is 4.44. The summed E-state index contributed by atoms with van der Waals surface area (Å²) < 4.78 is 25.8. The molecule has 92 valence electrons. The van der Waals surface area contributed by atoms with Crippen molar-refractivity contribution < 1.29 is 8.42 Å². The largest absolute Gasteiger partial charge is 0.331 e. The summed E-state index contributed by atoms with van der Waals surface area (Å²) in [5.41, 5.74) is 0.478. The lowest BCUT2D eigenvalue weighted by Gasteiger charge is -2.30. The monoisotopic (exact) mass is 290 g/mol. The van der Waals surface area contributed by atoms with Gasteiger partial charge in [-0.15, -0.1) is 0 Å². The smallest absolute Gasteiger partial charge is 0.268 e. The van der Waals surface area contributed by atoms with Gasteiger partial charge in [0.1, 0.15) is 4.90 Å². The van der Waals surface area contributed by atoms with Crippen LogP contribution in [0.25, 0.3) is 0 Å². The number of hydrogen-bond acceptors (Lipinski definition) is 3. The Hall–Kier alpha value is -0.850. The Kier molecular flexibility index (Phi) is 3.29. The van der Waals surface area contributed by atoms with Crippen LogP contribution in [0.3, 0.4) is 0 Å². The van der Waals surface area contributed by atoms with Crippen molar-refractivity contribution in [1.82, 2.24) is 4.31 Å². The molecular formula is C10H11ClN2O2S2. The average Bonchev–Trinajstić information content (AvgIpc) is 2.26. The number of rotatable bonds is 2. The topological polar surface area (TPSA) is 49.4 Å². The van der Waals surface area contributed by atoms with E-state index in [1.54, 1.807) is 12.1 Å². The molecule has 0 unspecified atom stereocenters. The second-order valence-electron chi connectivity index (χ2n) is 3.65. The van der Waals surface area contributed by atoms with Crippen molar-refractivity contribution in [3.63, 3.8) is 0 Å². The van der Waals surface area contributed by atoms with Gasteiger partial charge in [0.05, 0.1) is 5.69 Å². The molecule has 17 heavy (non-hydrogen) atoms. The summed E-state index contributed by atoms with van der Waals surface area (Å²) in [5, 5.41) is 3.49. The maximum atomic E-state index is 12.3. The van der Waals surface area contributed by atoms with Gasteiger partial charge in [-0.3, -0.25) is 0 Å². The van der Waals surface area contributed by atoms with Crippen LogP contribution in [0.1, 0.15) is 13.3 Å². The van der Waals surface area contributed by atoms with E-state index in [9.17, 15) is 8.42 Å². The Labute approximate surface area is 111 Å². The molecule has 7 heteroatoms.